The standard InChI is InChI=1S/C12H22O3S/c1-2-15-12(14)9-16-8-11(13)7-10-5-3-4-6-10/h10-11,13H,2-9H2,1H3. The number of aliphatic hydroxyl groups excluding tert-OH is 1. The zero-order valence-electron chi connectivity index (χ0n) is 9.98. The molecule has 0 amide bonds. The average Bonchev–Trinajstić information content (AvgIpc) is 2.70. The van der Waals surface area contributed by atoms with Crippen LogP contribution in [-0.4, -0.2) is 35.3 Å². The lowest BCUT2D eigenvalue weighted by Gasteiger charge is -2.14. The Bertz CT molecular complexity index is 202. The van der Waals surface area contributed by atoms with Gasteiger partial charge in [0.2, 0.25) is 0 Å². The first-order chi connectivity index (χ1) is 7.72. The van der Waals surface area contributed by atoms with E-state index in [2.05, 4.69) is 0 Å². The largest absolute Gasteiger partial charge is 0.465 e. The summed E-state index contributed by atoms with van der Waals surface area (Å²) < 4.78 is 4.82. The summed E-state index contributed by atoms with van der Waals surface area (Å²) in [5.41, 5.74) is 0. The lowest BCUT2D eigenvalue weighted by atomic mass is 10.0. The van der Waals surface area contributed by atoms with E-state index in [1.807, 2.05) is 0 Å². The molecule has 1 aliphatic rings. The van der Waals surface area contributed by atoms with Crippen molar-refractivity contribution in [3.05, 3.63) is 0 Å². The van der Waals surface area contributed by atoms with Gasteiger partial charge in [-0.3, -0.25) is 4.79 Å². The predicted octanol–water partition coefficient (Wildman–Crippen LogP) is 2.22. The fourth-order valence-corrected chi connectivity index (χ4v) is 2.96. The van der Waals surface area contributed by atoms with Crippen LogP contribution in [-0.2, 0) is 9.53 Å². The van der Waals surface area contributed by atoms with Gasteiger partial charge < -0.3 is 9.84 Å². The van der Waals surface area contributed by atoms with Crippen LogP contribution in [0, 0.1) is 5.92 Å². The van der Waals surface area contributed by atoms with Gasteiger partial charge in [-0.1, -0.05) is 25.7 Å². The van der Waals surface area contributed by atoms with Gasteiger partial charge in [0.25, 0.3) is 0 Å². The lowest BCUT2D eigenvalue weighted by Crippen LogP contribution is -2.16. The van der Waals surface area contributed by atoms with Gasteiger partial charge in [-0.15, -0.1) is 11.8 Å². The molecule has 1 fully saturated rings. The van der Waals surface area contributed by atoms with Crippen molar-refractivity contribution >= 4 is 17.7 Å². The molecule has 0 bridgehead atoms. The molecule has 1 unspecified atom stereocenters. The first kappa shape index (κ1) is 13.8. The third-order valence-corrected chi connectivity index (χ3v) is 3.98. The molecule has 0 aromatic rings. The summed E-state index contributed by atoms with van der Waals surface area (Å²) >= 11 is 1.47. The third-order valence-electron chi connectivity index (χ3n) is 2.92. The highest BCUT2D eigenvalue weighted by Gasteiger charge is 2.18. The van der Waals surface area contributed by atoms with Crippen molar-refractivity contribution in [2.75, 3.05) is 18.1 Å². The minimum Gasteiger partial charge on any atom is -0.465 e. The van der Waals surface area contributed by atoms with Crippen LogP contribution in [0.4, 0.5) is 0 Å². The summed E-state index contributed by atoms with van der Waals surface area (Å²) in [7, 11) is 0. The average molecular weight is 246 g/mol. The fraction of sp³-hybridized carbons (Fsp3) is 0.917. The molecule has 3 nitrogen and oxygen atoms in total. The Hall–Kier alpha value is -0.220. The van der Waals surface area contributed by atoms with Crippen molar-refractivity contribution in [1.82, 2.24) is 0 Å². The summed E-state index contributed by atoms with van der Waals surface area (Å²) in [6, 6.07) is 0. The first-order valence-corrected chi connectivity index (χ1v) is 7.29. The highest BCUT2D eigenvalue weighted by Crippen LogP contribution is 2.29. The molecule has 1 N–H and O–H groups in total. The van der Waals surface area contributed by atoms with E-state index in [1.165, 1.54) is 37.4 Å². The van der Waals surface area contributed by atoms with Crippen LogP contribution in [0.3, 0.4) is 0 Å². The Labute approximate surface area is 102 Å². The Morgan fingerprint density at radius 2 is 2.19 bits per heavy atom. The lowest BCUT2D eigenvalue weighted by molar-refractivity contribution is -0.139. The van der Waals surface area contributed by atoms with E-state index in [1.54, 1.807) is 6.92 Å². The first-order valence-electron chi connectivity index (χ1n) is 6.13. The van der Waals surface area contributed by atoms with Crippen molar-refractivity contribution in [3.63, 3.8) is 0 Å². The van der Waals surface area contributed by atoms with Crippen molar-refractivity contribution in [1.29, 1.82) is 0 Å². The molecule has 1 atom stereocenters. The van der Waals surface area contributed by atoms with Crippen LogP contribution < -0.4 is 0 Å². The Morgan fingerprint density at radius 1 is 1.50 bits per heavy atom. The quantitative estimate of drug-likeness (QED) is 0.700. The van der Waals surface area contributed by atoms with Crippen LogP contribution in [0.2, 0.25) is 0 Å². The van der Waals surface area contributed by atoms with E-state index in [4.69, 9.17) is 4.74 Å². The van der Waals surface area contributed by atoms with Crippen LogP contribution in [0.15, 0.2) is 0 Å². The molecule has 0 saturated heterocycles. The molecule has 0 spiro atoms. The maximum Gasteiger partial charge on any atom is 0.315 e. The second-order valence-electron chi connectivity index (χ2n) is 4.36. The Kier molecular flexibility index (Phi) is 6.88. The fourth-order valence-electron chi connectivity index (χ4n) is 2.18. The number of carbonyl (C=O) groups is 1. The molecule has 16 heavy (non-hydrogen) atoms. The molecule has 0 aromatic heterocycles. The predicted molar refractivity (Wildman–Crippen MR) is 66.5 cm³/mol. The minimum absolute atomic E-state index is 0.180. The number of aliphatic hydroxyl groups is 1. The van der Waals surface area contributed by atoms with Crippen LogP contribution in [0.5, 0.6) is 0 Å². The molecule has 0 aliphatic heterocycles. The normalized spacial score (nSPS) is 18.6. The molecule has 1 rings (SSSR count). The molecular weight excluding hydrogens is 224 g/mol. The summed E-state index contributed by atoms with van der Waals surface area (Å²) in [6.07, 6.45) is 5.79. The van der Waals surface area contributed by atoms with Crippen molar-refractivity contribution in [2.24, 2.45) is 5.92 Å². The summed E-state index contributed by atoms with van der Waals surface area (Å²) in [5.74, 6) is 1.53. The van der Waals surface area contributed by atoms with E-state index < -0.39 is 0 Å². The zero-order valence-corrected chi connectivity index (χ0v) is 10.8. The van der Waals surface area contributed by atoms with Gasteiger partial charge in [0.1, 0.15) is 0 Å². The number of rotatable bonds is 7. The molecule has 0 aromatic carbocycles. The number of ether oxygens (including phenoxy) is 1. The second kappa shape index (κ2) is 7.96. The van der Waals surface area contributed by atoms with E-state index in [9.17, 15) is 9.90 Å². The van der Waals surface area contributed by atoms with Gasteiger partial charge in [0.05, 0.1) is 18.5 Å². The molecule has 94 valence electrons. The van der Waals surface area contributed by atoms with Gasteiger partial charge in [0, 0.05) is 5.75 Å². The summed E-state index contributed by atoms with van der Waals surface area (Å²) in [4.78, 5) is 11.0. The second-order valence-corrected chi connectivity index (χ2v) is 5.39. The monoisotopic (exact) mass is 246 g/mol. The van der Waals surface area contributed by atoms with Gasteiger partial charge >= 0.3 is 5.97 Å². The highest BCUT2D eigenvalue weighted by atomic mass is 32.2. The highest BCUT2D eigenvalue weighted by molar-refractivity contribution is 7.99. The zero-order chi connectivity index (χ0) is 11.8. The third kappa shape index (κ3) is 5.75. The topological polar surface area (TPSA) is 46.5 Å². The SMILES string of the molecule is CCOC(=O)CSCC(O)CC1CCCC1. The van der Waals surface area contributed by atoms with Crippen molar-refractivity contribution in [3.8, 4) is 0 Å². The molecule has 1 saturated carbocycles. The van der Waals surface area contributed by atoms with E-state index in [0.717, 1.165) is 6.42 Å². The van der Waals surface area contributed by atoms with Crippen molar-refractivity contribution < 1.29 is 14.6 Å². The molecule has 0 radical (unpaired) electrons. The summed E-state index contributed by atoms with van der Waals surface area (Å²) in [5, 5.41) is 9.78. The maximum absolute atomic E-state index is 11.0. The minimum atomic E-state index is -0.262. The number of hydrogen-bond donors (Lipinski definition) is 1. The van der Waals surface area contributed by atoms with Gasteiger partial charge in [-0.25, -0.2) is 0 Å². The number of carbonyl (C=O) groups excluding carboxylic acids is 1. The maximum atomic E-state index is 11.0. The number of hydrogen-bond acceptors (Lipinski definition) is 4. The van der Waals surface area contributed by atoms with Crippen LogP contribution in [0.25, 0.3) is 0 Å². The van der Waals surface area contributed by atoms with Crippen molar-refractivity contribution in [2.45, 2.75) is 45.1 Å². The van der Waals surface area contributed by atoms with Gasteiger partial charge in [0.15, 0.2) is 0 Å². The Morgan fingerprint density at radius 3 is 2.81 bits per heavy atom. The number of esters is 1. The van der Waals surface area contributed by atoms with E-state index >= 15 is 0 Å². The summed E-state index contributed by atoms with van der Waals surface area (Å²) in [6.45, 7) is 2.24. The van der Waals surface area contributed by atoms with E-state index in [-0.39, 0.29) is 12.1 Å². The van der Waals surface area contributed by atoms with Crippen LogP contribution in [0.1, 0.15) is 39.0 Å². The van der Waals surface area contributed by atoms with Gasteiger partial charge in [-0.2, -0.15) is 0 Å². The van der Waals surface area contributed by atoms with Gasteiger partial charge in [-0.05, 0) is 19.3 Å². The Balaban J connectivity index is 2.01. The van der Waals surface area contributed by atoms with E-state index in [0.29, 0.717) is 24.0 Å². The number of thioether (sulfide) groups is 1. The molecule has 4 heteroatoms. The molecule has 1 aliphatic carbocycles. The molecule has 0 heterocycles. The van der Waals surface area contributed by atoms with Crippen LogP contribution >= 0.6 is 11.8 Å². The molecular formula is C12H22O3S. The smallest absolute Gasteiger partial charge is 0.315 e.